The van der Waals surface area contributed by atoms with Crippen LogP contribution in [0, 0.1) is 11.3 Å². The Labute approximate surface area is 125 Å². The number of ether oxygens (including phenoxy) is 1. The Morgan fingerprint density at radius 3 is 2.76 bits per heavy atom. The minimum Gasteiger partial charge on any atom is -0.496 e. The zero-order valence-electron chi connectivity index (χ0n) is 12.6. The topological polar surface area (TPSA) is 56.6 Å². The van der Waals surface area contributed by atoms with Gasteiger partial charge in [0.05, 0.1) is 25.3 Å². The minimum absolute atomic E-state index is 0.172. The molecule has 5 nitrogen and oxygen atoms in total. The first-order valence-corrected chi connectivity index (χ1v) is 7.17. The highest BCUT2D eigenvalue weighted by molar-refractivity contribution is 5.78. The van der Waals surface area contributed by atoms with Gasteiger partial charge in [-0.2, -0.15) is 5.26 Å². The van der Waals surface area contributed by atoms with Crippen molar-refractivity contribution in [2.24, 2.45) is 0 Å². The number of hydrogen-bond acceptors (Lipinski definition) is 4. The first-order valence-electron chi connectivity index (χ1n) is 7.17. The summed E-state index contributed by atoms with van der Waals surface area (Å²) < 4.78 is 5.32. The van der Waals surface area contributed by atoms with Gasteiger partial charge in [0.2, 0.25) is 5.91 Å². The number of amides is 1. The SMILES string of the molecule is COc1ccc(C#N)cc1CN(C)CC(=O)N1CCCC1. The summed E-state index contributed by atoms with van der Waals surface area (Å²) in [6.07, 6.45) is 2.21. The highest BCUT2D eigenvalue weighted by atomic mass is 16.5. The smallest absolute Gasteiger partial charge is 0.236 e. The molecule has 0 atom stereocenters. The summed E-state index contributed by atoms with van der Waals surface area (Å²) in [5.74, 6) is 0.917. The van der Waals surface area contributed by atoms with E-state index in [1.807, 2.05) is 22.9 Å². The van der Waals surface area contributed by atoms with Gasteiger partial charge < -0.3 is 9.64 Å². The fourth-order valence-corrected chi connectivity index (χ4v) is 2.62. The maximum absolute atomic E-state index is 12.1. The molecular formula is C16H21N3O2. The van der Waals surface area contributed by atoms with Crippen LogP contribution in [-0.4, -0.2) is 49.5 Å². The van der Waals surface area contributed by atoms with Crippen molar-refractivity contribution < 1.29 is 9.53 Å². The van der Waals surface area contributed by atoms with Gasteiger partial charge in [-0.05, 0) is 38.1 Å². The van der Waals surface area contributed by atoms with E-state index in [0.29, 0.717) is 18.7 Å². The fraction of sp³-hybridized carbons (Fsp3) is 0.500. The second-order valence-electron chi connectivity index (χ2n) is 5.40. The van der Waals surface area contributed by atoms with Gasteiger partial charge in [0.15, 0.2) is 0 Å². The number of hydrogen-bond donors (Lipinski definition) is 0. The molecule has 1 aromatic rings. The highest BCUT2D eigenvalue weighted by Crippen LogP contribution is 2.21. The molecule has 1 amide bonds. The lowest BCUT2D eigenvalue weighted by atomic mass is 10.1. The van der Waals surface area contributed by atoms with Crippen LogP contribution in [0.4, 0.5) is 0 Å². The van der Waals surface area contributed by atoms with Crippen LogP contribution >= 0.6 is 0 Å². The first-order chi connectivity index (χ1) is 10.1. The van der Waals surface area contributed by atoms with Crippen molar-refractivity contribution in [3.63, 3.8) is 0 Å². The number of carbonyl (C=O) groups excluding carboxylic acids is 1. The quantitative estimate of drug-likeness (QED) is 0.826. The van der Waals surface area contributed by atoms with Gasteiger partial charge in [0.1, 0.15) is 5.75 Å². The number of rotatable bonds is 5. The number of benzene rings is 1. The number of likely N-dealkylation sites (tertiary alicyclic amines) is 1. The van der Waals surface area contributed by atoms with E-state index in [0.717, 1.165) is 37.2 Å². The summed E-state index contributed by atoms with van der Waals surface area (Å²) in [6, 6.07) is 7.47. The summed E-state index contributed by atoms with van der Waals surface area (Å²) in [5, 5.41) is 8.98. The van der Waals surface area contributed by atoms with Crippen molar-refractivity contribution in [2.45, 2.75) is 19.4 Å². The molecule has 1 saturated heterocycles. The summed E-state index contributed by atoms with van der Waals surface area (Å²) in [5.41, 5.74) is 1.53. The third-order valence-corrected chi connectivity index (χ3v) is 3.71. The van der Waals surface area contributed by atoms with E-state index in [1.54, 1.807) is 19.2 Å². The van der Waals surface area contributed by atoms with Crippen LogP contribution in [0.15, 0.2) is 18.2 Å². The number of nitriles is 1. The Hall–Kier alpha value is -2.06. The molecule has 1 fully saturated rings. The van der Waals surface area contributed by atoms with Crippen LogP contribution < -0.4 is 4.74 Å². The molecule has 0 N–H and O–H groups in total. The van der Waals surface area contributed by atoms with Crippen molar-refractivity contribution in [1.29, 1.82) is 5.26 Å². The summed E-state index contributed by atoms with van der Waals surface area (Å²) >= 11 is 0. The molecule has 2 rings (SSSR count). The van der Waals surface area contributed by atoms with Crippen LogP contribution in [0.3, 0.4) is 0 Å². The molecule has 0 radical (unpaired) electrons. The maximum atomic E-state index is 12.1. The van der Waals surface area contributed by atoms with Gasteiger partial charge in [-0.25, -0.2) is 0 Å². The molecule has 0 aromatic heterocycles. The predicted molar refractivity (Wildman–Crippen MR) is 79.9 cm³/mol. The molecule has 0 bridgehead atoms. The zero-order valence-corrected chi connectivity index (χ0v) is 12.6. The molecule has 21 heavy (non-hydrogen) atoms. The van der Waals surface area contributed by atoms with Crippen LogP contribution in [0.2, 0.25) is 0 Å². The van der Waals surface area contributed by atoms with Crippen molar-refractivity contribution in [1.82, 2.24) is 9.80 Å². The summed E-state index contributed by atoms with van der Waals surface area (Å²) in [6.45, 7) is 2.72. The number of methoxy groups -OCH3 is 1. The second kappa shape index (κ2) is 7.09. The molecule has 5 heteroatoms. The van der Waals surface area contributed by atoms with E-state index in [4.69, 9.17) is 10.00 Å². The van der Waals surface area contributed by atoms with Crippen molar-refractivity contribution in [2.75, 3.05) is 33.8 Å². The van der Waals surface area contributed by atoms with Gasteiger partial charge in [-0.3, -0.25) is 9.69 Å². The summed E-state index contributed by atoms with van der Waals surface area (Å²) in [4.78, 5) is 16.0. The van der Waals surface area contributed by atoms with E-state index >= 15 is 0 Å². The number of likely N-dealkylation sites (N-methyl/N-ethyl adjacent to an activating group) is 1. The van der Waals surface area contributed by atoms with Gasteiger partial charge in [-0.1, -0.05) is 0 Å². The first kappa shape index (κ1) is 15.3. The molecular weight excluding hydrogens is 266 g/mol. The van der Waals surface area contributed by atoms with E-state index in [1.165, 1.54) is 0 Å². The third-order valence-electron chi connectivity index (χ3n) is 3.71. The number of carbonyl (C=O) groups is 1. The fourth-order valence-electron chi connectivity index (χ4n) is 2.62. The monoisotopic (exact) mass is 287 g/mol. The van der Waals surface area contributed by atoms with Crippen LogP contribution in [0.5, 0.6) is 5.75 Å². The predicted octanol–water partition coefficient (Wildman–Crippen LogP) is 1.62. The lowest BCUT2D eigenvalue weighted by Crippen LogP contribution is -2.37. The van der Waals surface area contributed by atoms with Crippen LogP contribution in [-0.2, 0) is 11.3 Å². The molecule has 1 heterocycles. The molecule has 112 valence electrons. The van der Waals surface area contributed by atoms with E-state index in [9.17, 15) is 4.79 Å². The Bertz CT molecular complexity index is 545. The molecule has 1 aliphatic rings. The molecule has 0 spiro atoms. The third kappa shape index (κ3) is 3.96. The van der Waals surface area contributed by atoms with E-state index in [-0.39, 0.29) is 5.91 Å². The molecule has 0 saturated carbocycles. The van der Waals surface area contributed by atoms with E-state index < -0.39 is 0 Å². The van der Waals surface area contributed by atoms with Crippen molar-refractivity contribution >= 4 is 5.91 Å². The van der Waals surface area contributed by atoms with Gasteiger partial charge in [-0.15, -0.1) is 0 Å². The van der Waals surface area contributed by atoms with Gasteiger partial charge in [0.25, 0.3) is 0 Å². The van der Waals surface area contributed by atoms with Crippen LogP contribution in [0.1, 0.15) is 24.0 Å². The zero-order chi connectivity index (χ0) is 15.2. The Balaban J connectivity index is 2.00. The molecule has 0 unspecified atom stereocenters. The van der Waals surface area contributed by atoms with Gasteiger partial charge in [0, 0.05) is 25.2 Å². The largest absolute Gasteiger partial charge is 0.496 e. The molecule has 1 aliphatic heterocycles. The maximum Gasteiger partial charge on any atom is 0.236 e. The van der Waals surface area contributed by atoms with Crippen LogP contribution in [0.25, 0.3) is 0 Å². The van der Waals surface area contributed by atoms with Crippen molar-refractivity contribution in [3.8, 4) is 11.8 Å². The normalized spacial score (nSPS) is 14.3. The average Bonchev–Trinajstić information content (AvgIpc) is 3.01. The lowest BCUT2D eigenvalue weighted by Gasteiger charge is -2.22. The Kier molecular flexibility index (Phi) is 5.18. The molecule has 0 aliphatic carbocycles. The average molecular weight is 287 g/mol. The Morgan fingerprint density at radius 2 is 2.14 bits per heavy atom. The molecule has 1 aromatic carbocycles. The standard InChI is InChI=1S/C16H21N3O2/c1-18(12-16(20)19-7-3-4-8-19)11-14-9-13(10-17)5-6-15(14)21-2/h5-6,9H,3-4,7-8,11-12H2,1-2H3. The van der Waals surface area contributed by atoms with Gasteiger partial charge >= 0.3 is 0 Å². The minimum atomic E-state index is 0.172. The second-order valence-corrected chi connectivity index (χ2v) is 5.40. The number of nitrogens with zero attached hydrogens (tertiary/aromatic N) is 3. The highest BCUT2D eigenvalue weighted by Gasteiger charge is 2.19. The van der Waals surface area contributed by atoms with E-state index in [2.05, 4.69) is 6.07 Å². The lowest BCUT2D eigenvalue weighted by molar-refractivity contribution is -0.131. The van der Waals surface area contributed by atoms with Crippen molar-refractivity contribution in [3.05, 3.63) is 29.3 Å². The summed E-state index contributed by atoms with van der Waals surface area (Å²) in [7, 11) is 3.52. The Morgan fingerprint density at radius 1 is 1.43 bits per heavy atom.